The van der Waals surface area contributed by atoms with Gasteiger partial charge in [0.1, 0.15) is 5.78 Å². The number of carbonyl (C=O) groups is 1. The minimum Gasteiger partial charge on any atom is -0.388 e. The van der Waals surface area contributed by atoms with Gasteiger partial charge >= 0.3 is 0 Å². The first-order valence-electron chi connectivity index (χ1n) is 6.92. The van der Waals surface area contributed by atoms with Gasteiger partial charge in [-0.1, -0.05) is 56.3 Å². The molecule has 0 spiro atoms. The lowest BCUT2D eigenvalue weighted by molar-refractivity contribution is -0.130. The first-order valence-corrected chi connectivity index (χ1v) is 6.92. The molecule has 20 heavy (non-hydrogen) atoms. The van der Waals surface area contributed by atoms with E-state index < -0.39 is 12.0 Å². The van der Waals surface area contributed by atoms with Gasteiger partial charge in [0.05, 0.1) is 19.3 Å². The zero-order chi connectivity index (χ0) is 15.1. The first-order chi connectivity index (χ1) is 9.43. The van der Waals surface area contributed by atoms with Gasteiger partial charge in [-0.15, -0.1) is 0 Å². The molecular formula is C17H24O3. The Morgan fingerprint density at radius 3 is 2.45 bits per heavy atom. The van der Waals surface area contributed by atoms with Crippen molar-refractivity contribution in [3.63, 3.8) is 0 Å². The van der Waals surface area contributed by atoms with Gasteiger partial charge in [0.25, 0.3) is 0 Å². The maximum absolute atomic E-state index is 12.2. The maximum atomic E-state index is 12.2. The lowest BCUT2D eigenvalue weighted by Crippen LogP contribution is -2.32. The van der Waals surface area contributed by atoms with Gasteiger partial charge < -0.3 is 9.84 Å². The molecule has 1 aromatic rings. The molecule has 1 N–H and O–H groups in total. The fraction of sp³-hybridized carbons (Fsp3) is 0.471. The van der Waals surface area contributed by atoms with E-state index in [1.165, 1.54) is 0 Å². The van der Waals surface area contributed by atoms with Crippen molar-refractivity contribution in [2.75, 3.05) is 6.61 Å². The van der Waals surface area contributed by atoms with Crippen LogP contribution in [0.2, 0.25) is 0 Å². The number of ketones is 1. The number of rotatable bonds is 8. The third-order valence-corrected chi connectivity index (χ3v) is 3.39. The second-order valence-electron chi connectivity index (χ2n) is 5.38. The molecule has 0 aliphatic rings. The Bertz CT molecular complexity index is 439. The number of aliphatic hydroxyl groups is 1. The van der Waals surface area contributed by atoms with Crippen LogP contribution in [-0.2, 0) is 16.1 Å². The molecule has 0 saturated heterocycles. The summed E-state index contributed by atoms with van der Waals surface area (Å²) >= 11 is 0. The van der Waals surface area contributed by atoms with E-state index in [1.807, 2.05) is 37.3 Å². The fourth-order valence-corrected chi connectivity index (χ4v) is 2.04. The van der Waals surface area contributed by atoms with Crippen molar-refractivity contribution in [3.8, 4) is 0 Å². The van der Waals surface area contributed by atoms with Crippen LogP contribution in [0.15, 0.2) is 42.5 Å². The molecule has 110 valence electrons. The van der Waals surface area contributed by atoms with Crippen LogP contribution >= 0.6 is 0 Å². The first kappa shape index (κ1) is 16.6. The summed E-state index contributed by atoms with van der Waals surface area (Å²) in [6.07, 6.45) is -0.779. The number of aliphatic hydroxyl groups excluding tert-OH is 1. The van der Waals surface area contributed by atoms with E-state index in [-0.39, 0.29) is 11.7 Å². The topological polar surface area (TPSA) is 46.5 Å². The second kappa shape index (κ2) is 7.98. The van der Waals surface area contributed by atoms with Gasteiger partial charge in [-0.3, -0.25) is 4.79 Å². The van der Waals surface area contributed by atoms with Crippen molar-refractivity contribution in [3.05, 3.63) is 48.0 Å². The number of benzene rings is 1. The molecule has 1 aromatic carbocycles. The molecule has 3 atom stereocenters. The maximum Gasteiger partial charge on any atom is 0.143 e. The van der Waals surface area contributed by atoms with Crippen LogP contribution in [-0.4, -0.2) is 23.6 Å². The third-order valence-electron chi connectivity index (χ3n) is 3.39. The Morgan fingerprint density at radius 2 is 1.90 bits per heavy atom. The van der Waals surface area contributed by atoms with Crippen LogP contribution < -0.4 is 0 Å². The number of ether oxygens (including phenoxy) is 1. The quantitative estimate of drug-likeness (QED) is 0.742. The molecule has 1 rings (SSSR count). The highest BCUT2D eigenvalue weighted by Crippen LogP contribution is 2.16. The van der Waals surface area contributed by atoms with Gasteiger partial charge in [0.15, 0.2) is 0 Å². The molecule has 0 saturated carbocycles. The van der Waals surface area contributed by atoms with Crippen LogP contribution in [0, 0.1) is 11.8 Å². The SMILES string of the molecule is C=C(C)[C@@H](O)[C@@H](C)C(=O)[C@H](C)COCc1ccccc1. The van der Waals surface area contributed by atoms with E-state index in [0.717, 1.165) is 5.56 Å². The van der Waals surface area contributed by atoms with E-state index in [2.05, 4.69) is 6.58 Å². The average molecular weight is 276 g/mol. The highest BCUT2D eigenvalue weighted by Gasteiger charge is 2.26. The monoisotopic (exact) mass is 276 g/mol. The van der Waals surface area contributed by atoms with Crippen molar-refractivity contribution < 1.29 is 14.6 Å². The van der Waals surface area contributed by atoms with E-state index >= 15 is 0 Å². The van der Waals surface area contributed by atoms with Crippen molar-refractivity contribution in [2.24, 2.45) is 11.8 Å². The van der Waals surface area contributed by atoms with Gasteiger partial charge in [-0.25, -0.2) is 0 Å². The summed E-state index contributed by atoms with van der Waals surface area (Å²) in [7, 11) is 0. The van der Waals surface area contributed by atoms with Crippen LogP contribution in [0.3, 0.4) is 0 Å². The summed E-state index contributed by atoms with van der Waals surface area (Å²) in [5.41, 5.74) is 1.70. The molecule has 3 heteroatoms. The molecule has 0 fully saturated rings. The van der Waals surface area contributed by atoms with Crippen molar-refractivity contribution >= 4 is 5.78 Å². The largest absolute Gasteiger partial charge is 0.388 e. The van der Waals surface area contributed by atoms with E-state index in [1.54, 1.807) is 13.8 Å². The van der Waals surface area contributed by atoms with Crippen molar-refractivity contribution in [2.45, 2.75) is 33.5 Å². The normalized spacial score (nSPS) is 15.4. The average Bonchev–Trinajstić information content (AvgIpc) is 2.45. The van der Waals surface area contributed by atoms with Crippen LogP contribution in [0.5, 0.6) is 0 Å². The van der Waals surface area contributed by atoms with E-state index in [4.69, 9.17) is 4.74 Å². The molecule has 0 radical (unpaired) electrons. The molecule has 0 amide bonds. The standard InChI is InChI=1S/C17H24O3/c1-12(2)16(18)14(4)17(19)13(3)10-20-11-15-8-6-5-7-9-15/h5-9,13-14,16,18H,1,10-11H2,2-4H3/t13-,14-,16-/m1/s1. The number of carbonyl (C=O) groups excluding carboxylic acids is 1. The van der Waals surface area contributed by atoms with Crippen molar-refractivity contribution in [1.82, 2.24) is 0 Å². The highest BCUT2D eigenvalue weighted by molar-refractivity contribution is 5.83. The molecule has 0 unspecified atom stereocenters. The Balaban J connectivity index is 2.40. The van der Waals surface area contributed by atoms with Gasteiger partial charge in [0.2, 0.25) is 0 Å². The fourth-order valence-electron chi connectivity index (χ4n) is 2.04. The Kier molecular flexibility index (Phi) is 6.62. The van der Waals surface area contributed by atoms with Crippen molar-refractivity contribution in [1.29, 1.82) is 0 Å². The summed E-state index contributed by atoms with van der Waals surface area (Å²) in [6, 6.07) is 9.84. The zero-order valence-corrected chi connectivity index (χ0v) is 12.5. The van der Waals surface area contributed by atoms with E-state index in [9.17, 15) is 9.90 Å². The molecule has 0 aliphatic carbocycles. The lowest BCUT2D eigenvalue weighted by atomic mass is 9.89. The molecule has 0 bridgehead atoms. The van der Waals surface area contributed by atoms with Crippen LogP contribution in [0.25, 0.3) is 0 Å². The zero-order valence-electron chi connectivity index (χ0n) is 12.5. The Morgan fingerprint density at radius 1 is 1.30 bits per heavy atom. The number of hydrogen-bond donors (Lipinski definition) is 1. The summed E-state index contributed by atoms with van der Waals surface area (Å²) in [5.74, 6) is -0.668. The Labute approximate surface area is 121 Å². The highest BCUT2D eigenvalue weighted by atomic mass is 16.5. The number of hydrogen-bond acceptors (Lipinski definition) is 3. The lowest BCUT2D eigenvalue weighted by Gasteiger charge is -2.21. The molecule has 0 heterocycles. The summed E-state index contributed by atoms with van der Waals surface area (Å²) in [6.45, 7) is 9.83. The predicted octanol–water partition coefficient (Wildman–Crippen LogP) is 2.98. The molecule has 0 aliphatic heterocycles. The molecule has 3 nitrogen and oxygen atoms in total. The predicted molar refractivity (Wildman–Crippen MR) is 80.3 cm³/mol. The van der Waals surface area contributed by atoms with Gasteiger partial charge in [-0.2, -0.15) is 0 Å². The third kappa shape index (κ3) is 4.91. The molecular weight excluding hydrogens is 252 g/mol. The van der Waals surface area contributed by atoms with Crippen LogP contribution in [0.1, 0.15) is 26.3 Å². The van der Waals surface area contributed by atoms with Crippen LogP contribution in [0.4, 0.5) is 0 Å². The Hall–Kier alpha value is -1.45. The van der Waals surface area contributed by atoms with Gasteiger partial charge in [0, 0.05) is 11.8 Å². The summed E-state index contributed by atoms with van der Waals surface area (Å²) in [4.78, 5) is 12.2. The van der Waals surface area contributed by atoms with Gasteiger partial charge in [-0.05, 0) is 12.5 Å². The summed E-state index contributed by atoms with van der Waals surface area (Å²) in [5, 5.41) is 9.86. The molecule has 0 aromatic heterocycles. The minimum atomic E-state index is -0.779. The van der Waals surface area contributed by atoms with E-state index in [0.29, 0.717) is 18.8 Å². The smallest absolute Gasteiger partial charge is 0.143 e. The summed E-state index contributed by atoms with van der Waals surface area (Å²) < 4.78 is 5.57. The number of Topliss-reactive ketones (excluding diaryl/α,β-unsaturated/α-hetero) is 1. The minimum absolute atomic E-state index is 0.00793. The second-order valence-corrected chi connectivity index (χ2v) is 5.38.